The normalized spacial score (nSPS) is 22.2. The highest BCUT2D eigenvalue weighted by Crippen LogP contribution is 2.41. The molecule has 9 nitrogen and oxygen atoms in total. The first-order valence-corrected chi connectivity index (χ1v) is 8.23. The van der Waals surface area contributed by atoms with E-state index in [1.807, 2.05) is 0 Å². The molecule has 2 aliphatic rings. The van der Waals surface area contributed by atoms with Crippen LogP contribution in [0.4, 0.5) is 5.69 Å². The van der Waals surface area contributed by atoms with Crippen LogP contribution in [0.5, 0.6) is 0 Å². The monoisotopic (exact) mass is 378 g/mol. The third-order valence-electron chi connectivity index (χ3n) is 4.35. The Labute approximate surface area is 153 Å². The quantitative estimate of drug-likeness (QED) is 0.450. The van der Waals surface area contributed by atoms with Crippen LogP contribution in [0.2, 0.25) is 5.02 Å². The first-order chi connectivity index (χ1) is 12.3. The summed E-state index contributed by atoms with van der Waals surface area (Å²) in [4.78, 5) is 49.6. The number of aryl methyl sites for hydroxylation is 1. The number of hydrogen-bond donors (Lipinski definition) is 0. The summed E-state index contributed by atoms with van der Waals surface area (Å²) in [6.45, 7) is 3.52. The van der Waals surface area contributed by atoms with E-state index in [4.69, 9.17) is 16.3 Å². The van der Waals surface area contributed by atoms with Gasteiger partial charge in [0.1, 0.15) is 0 Å². The van der Waals surface area contributed by atoms with Crippen molar-refractivity contribution >= 4 is 40.8 Å². The van der Waals surface area contributed by atoms with E-state index >= 15 is 0 Å². The summed E-state index contributed by atoms with van der Waals surface area (Å²) in [7, 11) is 0. The molecule has 1 aromatic rings. The third-order valence-corrected chi connectivity index (χ3v) is 4.76. The lowest BCUT2D eigenvalue weighted by molar-refractivity contribution is -0.135. The first-order valence-electron chi connectivity index (χ1n) is 7.85. The van der Waals surface area contributed by atoms with Gasteiger partial charge in [0.25, 0.3) is 5.91 Å². The average molecular weight is 379 g/mol. The zero-order valence-electron chi connectivity index (χ0n) is 14.1. The average Bonchev–Trinajstić information content (AvgIpc) is 3.09. The van der Waals surface area contributed by atoms with E-state index in [9.17, 15) is 19.3 Å². The fourth-order valence-corrected chi connectivity index (χ4v) is 3.19. The van der Waals surface area contributed by atoms with Crippen molar-refractivity contribution in [3.63, 3.8) is 0 Å². The van der Waals surface area contributed by atoms with Gasteiger partial charge < -0.3 is 4.74 Å². The topological polar surface area (TPSA) is 109 Å². The molecule has 2 heterocycles. The van der Waals surface area contributed by atoms with Crippen molar-refractivity contribution in [2.24, 2.45) is 10.4 Å². The van der Waals surface area contributed by atoms with E-state index in [2.05, 4.69) is 10.4 Å². The molecule has 10 heteroatoms. The summed E-state index contributed by atoms with van der Waals surface area (Å²) in [5, 5.41) is 7.48. The molecule has 1 atom stereocenters. The van der Waals surface area contributed by atoms with E-state index in [0.29, 0.717) is 10.1 Å². The Morgan fingerprint density at radius 3 is 2.73 bits per heavy atom. The highest BCUT2D eigenvalue weighted by atomic mass is 35.5. The molecule has 0 bridgehead atoms. The second kappa shape index (κ2) is 6.49. The fourth-order valence-electron chi connectivity index (χ4n) is 3.02. The SMILES string of the molecule is CCOC(=O)C1=NN(N=O)[C@@]2(CC(=O)N(c3ccc(C)c(Cl)c3)C2=O)C1. The maximum Gasteiger partial charge on any atom is 0.354 e. The van der Waals surface area contributed by atoms with Crippen LogP contribution in [0.25, 0.3) is 0 Å². The van der Waals surface area contributed by atoms with Crippen molar-refractivity contribution in [2.75, 3.05) is 11.5 Å². The van der Waals surface area contributed by atoms with Crippen molar-refractivity contribution in [1.82, 2.24) is 5.12 Å². The molecule has 0 aromatic heterocycles. The molecule has 136 valence electrons. The Hall–Kier alpha value is -2.81. The van der Waals surface area contributed by atoms with Gasteiger partial charge in [-0.2, -0.15) is 0 Å². The lowest BCUT2D eigenvalue weighted by Crippen LogP contribution is -2.48. The second-order valence-corrected chi connectivity index (χ2v) is 6.40. The van der Waals surface area contributed by atoms with Crippen LogP contribution in [-0.4, -0.2) is 40.8 Å². The largest absolute Gasteiger partial charge is 0.461 e. The molecule has 0 radical (unpaired) electrons. The molecule has 26 heavy (non-hydrogen) atoms. The number of nitroso groups, excluding NO2 is 1. The van der Waals surface area contributed by atoms with Crippen molar-refractivity contribution in [3.8, 4) is 0 Å². The van der Waals surface area contributed by atoms with Gasteiger partial charge in [0, 0.05) is 11.4 Å². The lowest BCUT2D eigenvalue weighted by atomic mass is 9.92. The Morgan fingerprint density at radius 2 is 2.12 bits per heavy atom. The van der Waals surface area contributed by atoms with Crippen molar-refractivity contribution < 1.29 is 19.1 Å². The summed E-state index contributed by atoms with van der Waals surface area (Å²) in [6.07, 6.45) is -0.576. The number of nitrogens with zero attached hydrogens (tertiary/aromatic N) is 4. The van der Waals surface area contributed by atoms with Gasteiger partial charge in [-0.25, -0.2) is 9.69 Å². The minimum Gasteiger partial charge on any atom is -0.461 e. The molecule has 3 rings (SSSR count). The number of anilines is 1. The minimum absolute atomic E-state index is 0.111. The number of imide groups is 1. The van der Waals surface area contributed by atoms with Crippen LogP contribution in [0.1, 0.15) is 25.3 Å². The van der Waals surface area contributed by atoms with Crippen LogP contribution >= 0.6 is 11.6 Å². The van der Waals surface area contributed by atoms with Gasteiger partial charge in [-0.15, -0.1) is 15.1 Å². The van der Waals surface area contributed by atoms with Gasteiger partial charge >= 0.3 is 5.97 Å². The molecule has 0 unspecified atom stereocenters. The van der Waals surface area contributed by atoms with Gasteiger partial charge in [0.2, 0.25) is 5.91 Å². The Bertz CT molecular complexity index is 855. The fraction of sp³-hybridized carbons (Fsp3) is 0.375. The molecule has 2 amide bonds. The Morgan fingerprint density at radius 1 is 1.38 bits per heavy atom. The maximum absolute atomic E-state index is 13.0. The van der Waals surface area contributed by atoms with Crippen LogP contribution in [0.15, 0.2) is 28.6 Å². The van der Waals surface area contributed by atoms with Crippen LogP contribution in [0.3, 0.4) is 0 Å². The van der Waals surface area contributed by atoms with Crippen LogP contribution in [0, 0.1) is 11.8 Å². The zero-order chi connectivity index (χ0) is 19.1. The highest BCUT2D eigenvalue weighted by Gasteiger charge is 2.61. The number of benzene rings is 1. The molecule has 1 aromatic carbocycles. The molecular weight excluding hydrogens is 364 g/mol. The molecule has 0 saturated carbocycles. The molecule has 2 aliphatic heterocycles. The summed E-state index contributed by atoms with van der Waals surface area (Å²) in [5.41, 5.74) is -0.716. The van der Waals surface area contributed by atoms with Gasteiger partial charge in [0.15, 0.2) is 11.3 Å². The number of carbonyl (C=O) groups is 3. The summed E-state index contributed by atoms with van der Waals surface area (Å²) in [5.74, 6) is -1.98. The number of carbonyl (C=O) groups excluding carboxylic acids is 3. The molecule has 0 N–H and O–H groups in total. The molecule has 0 aliphatic carbocycles. The predicted octanol–water partition coefficient (Wildman–Crippen LogP) is 1.96. The summed E-state index contributed by atoms with van der Waals surface area (Å²) >= 11 is 6.08. The smallest absolute Gasteiger partial charge is 0.354 e. The van der Waals surface area contributed by atoms with E-state index in [1.165, 1.54) is 6.07 Å². The third kappa shape index (κ3) is 2.64. The summed E-state index contributed by atoms with van der Waals surface area (Å²) in [6, 6.07) is 4.75. The van der Waals surface area contributed by atoms with Crippen molar-refractivity contribution in [2.45, 2.75) is 32.2 Å². The maximum atomic E-state index is 13.0. The number of amides is 2. The first kappa shape index (κ1) is 18.0. The van der Waals surface area contributed by atoms with Crippen molar-refractivity contribution in [3.05, 3.63) is 33.7 Å². The second-order valence-electron chi connectivity index (χ2n) is 5.99. The van der Waals surface area contributed by atoms with Crippen molar-refractivity contribution in [1.29, 1.82) is 0 Å². The van der Waals surface area contributed by atoms with E-state index < -0.39 is 23.3 Å². The van der Waals surface area contributed by atoms with Gasteiger partial charge in [0.05, 0.1) is 24.0 Å². The van der Waals surface area contributed by atoms with Gasteiger partial charge in [-0.1, -0.05) is 17.7 Å². The number of esters is 1. The van der Waals surface area contributed by atoms with Crippen LogP contribution < -0.4 is 4.90 Å². The van der Waals surface area contributed by atoms with E-state index in [1.54, 1.807) is 26.0 Å². The highest BCUT2D eigenvalue weighted by molar-refractivity contribution is 6.39. The summed E-state index contributed by atoms with van der Waals surface area (Å²) < 4.78 is 4.86. The van der Waals surface area contributed by atoms with E-state index in [0.717, 1.165) is 10.5 Å². The number of hydrazone groups is 1. The zero-order valence-corrected chi connectivity index (χ0v) is 14.8. The molecular formula is C16H15ClN4O5. The molecule has 1 spiro atoms. The number of halogens is 1. The number of rotatable bonds is 4. The lowest BCUT2D eigenvalue weighted by Gasteiger charge is -2.24. The molecule has 1 fully saturated rings. The Balaban J connectivity index is 1.96. The number of hydrogen-bond acceptors (Lipinski definition) is 7. The van der Waals surface area contributed by atoms with E-state index in [-0.39, 0.29) is 30.8 Å². The van der Waals surface area contributed by atoms with Gasteiger partial charge in [-0.3, -0.25) is 9.59 Å². The Kier molecular flexibility index (Phi) is 4.49. The minimum atomic E-state index is -1.65. The van der Waals surface area contributed by atoms with Gasteiger partial charge in [-0.05, 0) is 31.5 Å². The number of ether oxygens (including phenoxy) is 1. The van der Waals surface area contributed by atoms with Crippen LogP contribution in [-0.2, 0) is 19.1 Å². The molecule has 1 saturated heterocycles. The predicted molar refractivity (Wildman–Crippen MR) is 92.3 cm³/mol. The standard InChI is InChI=1S/C16H15ClN4O5/c1-3-26-14(23)12-7-16(21(18-12)19-25)8-13(22)20(15(16)24)10-5-4-9(2)11(17)6-10/h4-6H,3,7-8H2,1-2H3/t16-/m1/s1.